The van der Waals surface area contributed by atoms with Crippen molar-refractivity contribution >= 4 is 0 Å². The maximum atomic E-state index is 11.4. The largest absolute Gasteiger partial charge is 0.393 e. The lowest BCUT2D eigenvalue weighted by Crippen LogP contribution is -2.56. The van der Waals surface area contributed by atoms with Crippen molar-refractivity contribution in [3.05, 3.63) is 12.2 Å². The van der Waals surface area contributed by atoms with Gasteiger partial charge in [0.15, 0.2) is 0 Å². The molecule has 0 heterocycles. The molecule has 0 radical (unpaired) electrons. The van der Waals surface area contributed by atoms with Crippen LogP contribution >= 0.6 is 0 Å². The first-order valence-corrected chi connectivity index (χ1v) is 10.3. The van der Waals surface area contributed by atoms with Crippen LogP contribution in [-0.4, -0.2) is 21.9 Å². The normalized spacial score (nSPS) is 58.0. The minimum Gasteiger partial charge on any atom is -0.393 e. The average Bonchev–Trinajstić information content (AvgIpc) is 2.75. The molecule has 2 N–H and O–H groups in total. The average molecular weight is 343 g/mol. The number of hydrogen-bond acceptors (Lipinski definition) is 2. The highest BCUT2D eigenvalue weighted by Gasteiger charge is 2.66. The fraction of sp³-hybridized carbons (Fsp3) is 0.826. The third-order valence-electron chi connectivity index (χ3n) is 8.98. The topological polar surface area (TPSA) is 40.5 Å². The number of fused-ring (bicyclic) bond motifs is 5. The minimum absolute atomic E-state index is 0.106. The van der Waals surface area contributed by atoms with E-state index in [1.807, 2.05) is 0 Å². The lowest BCUT2D eigenvalue weighted by molar-refractivity contribution is -0.109. The van der Waals surface area contributed by atoms with E-state index in [0.29, 0.717) is 35.5 Å². The van der Waals surface area contributed by atoms with Crippen LogP contribution in [0.15, 0.2) is 12.2 Å². The van der Waals surface area contributed by atoms with E-state index >= 15 is 0 Å². The van der Waals surface area contributed by atoms with Crippen molar-refractivity contribution in [2.24, 2.45) is 46.8 Å². The summed E-state index contributed by atoms with van der Waals surface area (Å²) in [5, 5.41) is 21.5. The van der Waals surface area contributed by atoms with Gasteiger partial charge in [0, 0.05) is 5.41 Å². The van der Waals surface area contributed by atoms with E-state index in [1.54, 1.807) is 0 Å². The number of rotatable bonds is 0. The fourth-order valence-electron chi connectivity index (χ4n) is 7.90. The van der Waals surface area contributed by atoms with Crippen molar-refractivity contribution in [2.45, 2.75) is 71.0 Å². The Bertz CT molecular complexity index is 618. The van der Waals surface area contributed by atoms with Crippen LogP contribution in [0, 0.1) is 59.2 Å². The molecule has 0 amide bonds. The molecule has 0 aromatic rings. The smallest absolute Gasteiger partial charge is 0.133 e. The van der Waals surface area contributed by atoms with Crippen molar-refractivity contribution in [2.75, 3.05) is 0 Å². The monoisotopic (exact) mass is 342 g/mol. The van der Waals surface area contributed by atoms with E-state index in [-0.39, 0.29) is 17.4 Å². The summed E-state index contributed by atoms with van der Waals surface area (Å²) in [5.41, 5.74) is 0.0732. The zero-order valence-corrected chi connectivity index (χ0v) is 16.0. The minimum atomic E-state index is -1.01. The zero-order chi connectivity index (χ0) is 18.1. The van der Waals surface area contributed by atoms with Crippen molar-refractivity contribution in [1.82, 2.24) is 0 Å². The van der Waals surface area contributed by atoms with E-state index < -0.39 is 5.60 Å². The fourth-order valence-corrected chi connectivity index (χ4v) is 7.90. The molecule has 5 unspecified atom stereocenters. The molecule has 0 aromatic carbocycles. The van der Waals surface area contributed by atoms with Gasteiger partial charge in [-0.2, -0.15) is 0 Å². The standard InChI is InChI=1S/C23H34O2/c1-6-23(25)15(4)10-19-21-13(2)9-16-11-17(24)7-8-18(16)20(21)14(3)12-22(19,23)5/h1,13,15-21,24-25H,3,7-12H2,2,4-5H3/t13?,15-,16+,17+,18?,19?,20?,21?,22+,23+/m1/s1. The molecule has 2 heteroatoms. The van der Waals surface area contributed by atoms with Gasteiger partial charge >= 0.3 is 0 Å². The Morgan fingerprint density at radius 2 is 1.92 bits per heavy atom. The molecule has 4 rings (SSSR count). The van der Waals surface area contributed by atoms with E-state index in [2.05, 4.69) is 33.3 Å². The molecular formula is C23H34O2. The summed E-state index contributed by atoms with van der Waals surface area (Å²) >= 11 is 0. The molecule has 138 valence electrons. The first kappa shape index (κ1) is 17.6. The first-order chi connectivity index (χ1) is 11.7. The second kappa shape index (κ2) is 5.61. The molecule has 4 fully saturated rings. The molecule has 4 saturated carbocycles. The van der Waals surface area contributed by atoms with Gasteiger partial charge in [-0.05, 0) is 80.0 Å². The SMILES string of the molecule is C#C[C@]1(O)[C@H](C)CC2C3C(C)C[C@H]4C[C@@H](O)CCC4C3C(=C)C[C@@]21C. The summed E-state index contributed by atoms with van der Waals surface area (Å²) in [7, 11) is 0. The van der Waals surface area contributed by atoms with E-state index in [9.17, 15) is 10.2 Å². The van der Waals surface area contributed by atoms with Crippen LogP contribution in [0.3, 0.4) is 0 Å². The first-order valence-electron chi connectivity index (χ1n) is 10.3. The number of terminal acetylenes is 1. The van der Waals surface area contributed by atoms with Gasteiger partial charge < -0.3 is 10.2 Å². The van der Waals surface area contributed by atoms with Gasteiger partial charge in [0.1, 0.15) is 5.60 Å². The summed E-state index contributed by atoms with van der Waals surface area (Å²) in [6.07, 6.45) is 11.9. The van der Waals surface area contributed by atoms with Crippen LogP contribution in [0.1, 0.15) is 59.3 Å². The summed E-state index contributed by atoms with van der Waals surface area (Å²) < 4.78 is 0. The lowest BCUT2D eigenvalue weighted by Gasteiger charge is -2.59. The van der Waals surface area contributed by atoms with Crippen LogP contribution < -0.4 is 0 Å². The molecule has 4 aliphatic rings. The summed E-state index contributed by atoms with van der Waals surface area (Å²) in [6.45, 7) is 11.3. The predicted molar refractivity (Wildman–Crippen MR) is 101 cm³/mol. The Balaban J connectivity index is 1.73. The van der Waals surface area contributed by atoms with Crippen LogP contribution in [-0.2, 0) is 0 Å². The predicted octanol–water partition coefficient (Wildman–Crippen LogP) is 4.02. The highest BCUT2D eigenvalue weighted by molar-refractivity contribution is 5.31. The molecular weight excluding hydrogens is 308 g/mol. The maximum absolute atomic E-state index is 11.4. The van der Waals surface area contributed by atoms with Gasteiger partial charge in [-0.25, -0.2) is 0 Å². The second-order valence-electron chi connectivity index (χ2n) is 10.1. The van der Waals surface area contributed by atoms with Crippen LogP contribution in [0.2, 0.25) is 0 Å². The van der Waals surface area contributed by atoms with Crippen molar-refractivity contribution < 1.29 is 10.2 Å². The van der Waals surface area contributed by atoms with Gasteiger partial charge in [-0.3, -0.25) is 0 Å². The van der Waals surface area contributed by atoms with E-state index in [1.165, 1.54) is 12.0 Å². The summed E-state index contributed by atoms with van der Waals surface area (Å²) in [6, 6.07) is 0. The number of allylic oxidation sites excluding steroid dienone is 1. The Morgan fingerprint density at radius 3 is 2.60 bits per heavy atom. The van der Waals surface area contributed by atoms with Gasteiger partial charge in [0.05, 0.1) is 6.10 Å². The number of aliphatic hydroxyl groups is 2. The quantitative estimate of drug-likeness (QED) is 0.515. The van der Waals surface area contributed by atoms with E-state index in [4.69, 9.17) is 6.42 Å². The highest BCUT2D eigenvalue weighted by atomic mass is 16.3. The maximum Gasteiger partial charge on any atom is 0.133 e. The zero-order valence-electron chi connectivity index (χ0n) is 16.0. The van der Waals surface area contributed by atoms with Crippen LogP contribution in [0.25, 0.3) is 0 Å². The lowest BCUT2D eigenvalue weighted by atomic mass is 9.46. The Morgan fingerprint density at radius 1 is 1.20 bits per heavy atom. The van der Waals surface area contributed by atoms with Crippen molar-refractivity contribution in [3.8, 4) is 12.3 Å². The van der Waals surface area contributed by atoms with Crippen molar-refractivity contribution in [3.63, 3.8) is 0 Å². The van der Waals surface area contributed by atoms with E-state index in [0.717, 1.165) is 32.1 Å². The molecule has 0 spiro atoms. The molecule has 0 aliphatic heterocycles. The van der Waals surface area contributed by atoms with Gasteiger partial charge in [0.2, 0.25) is 0 Å². The summed E-state index contributed by atoms with van der Waals surface area (Å²) in [4.78, 5) is 0. The van der Waals surface area contributed by atoms with Gasteiger partial charge in [-0.15, -0.1) is 6.42 Å². The molecule has 0 aromatic heterocycles. The summed E-state index contributed by atoms with van der Waals surface area (Å²) in [5.74, 6) is 6.53. The number of hydrogen-bond donors (Lipinski definition) is 2. The molecule has 0 saturated heterocycles. The highest BCUT2D eigenvalue weighted by Crippen LogP contribution is 2.68. The molecule has 4 aliphatic carbocycles. The third-order valence-corrected chi connectivity index (χ3v) is 8.98. The Kier molecular flexibility index (Phi) is 3.95. The van der Waals surface area contributed by atoms with Crippen molar-refractivity contribution in [1.29, 1.82) is 0 Å². The van der Waals surface area contributed by atoms with Crippen LogP contribution in [0.4, 0.5) is 0 Å². The molecule has 10 atom stereocenters. The Hall–Kier alpha value is -0.780. The van der Waals surface area contributed by atoms with Gasteiger partial charge in [-0.1, -0.05) is 38.8 Å². The van der Waals surface area contributed by atoms with Gasteiger partial charge in [0.25, 0.3) is 0 Å². The van der Waals surface area contributed by atoms with Crippen LogP contribution in [0.5, 0.6) is 0 Å². The third kappa shape index (κ3) is 2.18. The molecule has 2 nitrogen and oxygen atoms in total. The second-order valence-corrected chi connectivity index (χ2v) is 10.1. The number of aliphatic hydroxyl groups excluding tert-OH is 1. The molecule has 25 heavy (non-hydrogen) atoms. The Labute approximate surface area is 153 Å². The molecule has 0 bridgehead atoms.